The molecular weight excluding hydrogens is 449 g/mol. The fourth-order valence-electron chi connectivity index (χ4n) is 3.81. The van der Waals surface area contributed by atoms with E-state index >= 15 is 0 Å². The van der Waals surface area contributed by atoms with Crippen molar-refractivity contribution in [2.75, 3.05) is 23.5 Å². The van der Waals surface area contributed by atoms with Crippen LogP contribution in [-0.4, -0.2) is 25.0 Å². The first-order valence-electron chi connectivity index (χ1n) is 11.5. The molecule has 2 amide bonds. The van der Waals surface area contributed by atoms with Crippen LogP contribution >= 0.6 is 0 Å². The predicted molar refractivity (Wildman–Crippen MR) is 132 cm³/mol. The number of anilines is 2. The van der Waals surface area contributed by atoms with Crippen molar-refractivity contribution in [2.24, 2.45) is 5.92 Å². The SMILES string of the molecule is CCOc1cc(NNC(=O)[C@H]2CC(=O)N(c3ccc(C)cc3)C2)ccc1OCc1ccc(F)cc1. The van der Waals surface area contributed by atoms with Crippen molar-refractivity contribution >= 4 is 23.2 Å². The van der Waals surface area contributed by atoms with E-state index in [1.807, 2.05) is 38.1 Å². The molecule has 8 heteroatoms. The number of halogens is 1. The molecule has 182 valence electrons. The minimum absolute atomic E-state index is 0.0738. The minimum atomic E-state index is -0.457. The van der Waals surface area contributed by atoms with Gasteiger partial charge in [-0.3, -0.25) is 20.4 Å². The van der Waals surface area contributed by atoms with Crippen molar-refractivity contribution < 1.29 is 23.5 Å². The first-order chi connectivity index (χ1) is 16.9. The van der Waals surface area contributed by atoms with E-state index in [1.54, 1.807) is 35.2 Å². The molecule has 0 bridgehead atoms. The standard InChI is InChI=1S/C27H28FN3O4/c1-3-34-25-15-22(10-13-24(25)35-17-19-6-8-21(28)9-7-19)29-30-27(33)20-14-26(32)31(16-20)23-11-4-18(2)5-12-23/h4-13,15,20,29H,3,14,16-17H2,1-2H3,(H,30,33)/t20-/m0/s1. The highest BCUT2D eigenvalue weighted by Gasteiger charge is 2.35. The normalized spacial score (nSPS) is 15.1. The highest BCUT2D eigenvalue weighted by molar-refractivity contribution is 6.00. The second-order valence-electron chi connectivity index (χ2n) is 8.36. The average molecular weight is 478 g/mol. The van der Waals surface area contributed by atoms with Crippen molar-refractivity contribution in [1.29, 1.82) is 0 Å². The van der Waals surface area contributed by atoms with Gasteiger partial charge in [0.05, 0.1) is 18.2 Å². The number of benzene rings is 3. The fraction of sp³-hybridized carbons (Fsp3) is 0.259. The lowest BCUT2D eigenvalue weighted by Crippen LogP contribution is -2.36. The zero-order valence-electron chi connectivity index (χ0n) is 19.7. The van der Waals surface area contributed by atoms with Gasteiger partial charge in [0.1, 0.15) is 12.4 Å². The predicted octanol–water partition coefficient (Wildman–Crippen LogP) is 4.61. The van der Waals surface area contributed by atoms with E-state index in [2.05, 4.69) is 10.9 Å². The molecule has 1 fully saturated rings. The van der Waals surface area contributed by atoms with E-state index in [1.165, 1.54) is 12.1 Å². The maximum Gasteiger partial charge on any atom is 0.243 e. The number of amides is 2. The summed E-state index contributed by atoms with van der Waals surface area (Å²) in [5, 5.41) is 0. The molecule has 3 aromatic carbocycles. The molecule has 35 heavy (non-hydrogen) atoms. The zero-order valence-corrected chi connectivity index (χ0v) is 19.7. The van der Waals surface area contributed by atoms with Gasteiger partial charge >= 0.3 is 0 Å². The molecule has 1 atom stereocenters. The van der Waals surface area contributed by atoms with Crippen LogP contribution < -0.4 is 25.2 Å². The maximum atomic E-state index is 13.1. The molecule has 0 saturated carbocycles. The number of hydrazine groups is 1. The Bertz CT molecular complexity index is 1180. The summed E-state index contributed by atoms with van der Waals surface area (Å²) in [6.07, 6.45) is 0.155. The second kappa shape index (κ2) is 10.9. The van der Waals surface area contributed by atoms with Crippen LogP contribution in [0.3, 0.4) is 0 Å². The van der Waals surface area contributed by atoms with Gasteiger partial charge in [-0.1, -0.05) is 29.8 Å². The molecule has 1 aliphatic rings. The Morgan fingerprint density at radius 1 is 1.03 bits per heavy atom. The van der Waals surface area contributed by atoms with Crippen molar-refractivity contribution in [2.45, 2.75) is 26.9 Å². The third kappa shape index (κ3) is 6.09. The Morgan fingerprint density at radius 2 is 1.77 bits per heavy atom. The van der Waals surface area contributed by atoms with E-state index in [-0.39, 0.29) is 30.7 Å². The highest BCUT2D eigenvalue weighted by atomic mass is 19.1. The van der Waals surface area contributed by atoms with E-state index in [9.17, 15) is 14.0 Å². The van der Waals surface area contributed by atoms with Crippen LogP contribution in [0.25, 0.3) is 0 Å². The lowest BCUT2D eigenvalue weighted by atomic mass is 10.1. The van der Waals surface area contributed by atoms with Gasteiger partial charge in [0.25, 0.3) is 0 Å². The summed E-state index contributed by atoms with van der Waals surface area (Å²) in [6, 6.07) is 19.0. The van der Waals surface area contributed by atoms with Crippen LogP contribution in [0, 0.1) is 18.7 Å². The average Bonchev–Trinajstić information content (AvgIpc) is 3.25. The minimum Gasteiger partial charge on any atom is -0.490 e. The molecule has 0 aliphatic carbocycles. The number of aryl methyl sites for hydroxylation is 1. The number of ether oxygens (including phenoxy) is 2. The maximum absolute atomic E-state index is 13.1. The molecule has 1 heterocycles. The van der Waals surface area contributed by atoms with Gasteiger partial charge in [-0.05, 0) is 55.8 Å². The van der Waals surface area contributed by atoms with Crippen LogP contribution in [0.2, 0.25) is 0 Å². The smallest absolute Gasteiger partial charge is 0.243 e. The zero-order chi connectivity index (χ0) is 24.8. The summed E-state index contributed by atoms with van der Waals surface area (Å²) < 4.78 is 24.6. The summed E-state index contributed by atoms with van der Waals surface area (Å²) in [7, 11) is 0. The number of rotatable bonds is 9. The molecule has 1 aliphatic heterocycles. The first-order valence-corrected chi connectivity index (χ1v) is 11.5. The largest absolute Gasteiger partial charge is 0.490 e. The van der Waals surface area contributed by atoms with Crippen molar-refractivity contribution in [3.63, 3.8) is 0 Å². The third-order valence-corrected chi connectivity index (χ3v) is 5.72. The Labute approximate surface area is 203 Å². The van der Waals surface area contributed by atoms with Gasteiger partial charge in [-0.2, -0.15) is 0 Å². The summed E-state index contributed by atoms with van der Waals surface area (Å²) in [5.41, 5.74) is 8.93. The van der Waals surface area contributed by atoms with Crippen LogP contribution in [0.15, 0.2) is 66.7 Å². The molecule has 1 saturated heterocycles. The van der Waals surface area contributed by atoms with Gasteiger partial charge in [-0.25, -0.2) is 4.39 Å². The van der Waals surface area contributed by atoms with Gasteiger partial charge in [0, 0.05) is 24.7 Å². The van der Waals surface area contributed by atoms with Crippen LogP contribution in [0.4, 0.5) is 15.8 Å². The number of carbonyl (C=O) groups is 2. The van der Waals surface area contributed by atoms with Gasteiger partial charge in [0.15, 0.2) is 11.5 Å². The molecule has 3 aromatic rings. The topological polar surface area (TPSA) is 79.9 Å². The lowest BCUT2D eigenvalue weighted by molar-refractivity contribution is -0.125. The fourth-order valence-corrected chi connectivity index (χ4v) is 3.81. The molecule has 7 nitrogen and oxygen atoms in total. The van der Waals surface area contributed by atoms with Gasteiger partial charge in [0.2, 0.25) is 11.8 Å². The molecule has 4 rings (SSSR count). The van der Waals surface area contributed by atoms with Gasteiger partial charge in [-0.15, -0.1) is 0 Å². The van der Waals surface area contributed by atoms with Crippen LogP contribution in [0.5, 0.6) is 11.5 Å². The molecule has 0 radical (unpaired) electrons. The molecule has 0 unspecified atom stereocenters. The lowest BCUT2D eigenvalue weighted by Gasteiger charge is -2.18. The summed E-state index contributed by atoms with van der Waals surface area (Å²) >= 11 is 0. The monoisotopic (exact) mass is 477 g/mol. The number of hydrogen-bond acceptors (Lipinski definition) is 5. The van der Waals surface area contributed by atoms with E-state index in [0.29, 0.717) is 30.3 Å². The van der Waals surface area contributed by atoms with Crippen LogP contribution in [0.1, 0.15) is 24.5 Å². The Balaban J connectivity index is 1.35. The molecule has 2 N–H and O–H groups in total. The van der Waals surface area contributed by atoms with Crippen molar-refractivity contribution in [3.8, 4) is 11.5 Å². The molecule has 0 aromatic heterocycles. The summed E-state index contributed by atoms with van der Waals surface area (Å²) in [5.74, 6) is -0.0523. The first kappa shape index (κ1) is 24.1. The van der Waals surface area contributed by atoms with E-state index in [0.717, 1.165) is 16.8 Å². The van der Waals surface area contributed by atoms with Crippen molar-refractivity contribution in [1.82, 2.24) is 5.43 Å². The number of nitrogens with zero attached hydrogens (tertiary/aromatic N) is 1. The Morgan fingerprint density at radius 3 is 2.49 bits per heavy atom. The molecular formula is C27H28FN3O4. The second-order valence-corrected chi connectivity index (χ2v) is 8.36. The highest BCUT2D eigenvalue weighted by Crippen LogP contribution is 2.31. The Hall–Kier alpha value is -4.07. The van der Waals surface area contributed by atoms with Gasteiger partial charge < -0.3 is 14.4 Å². The number of hydrogen-bond donors (Lipinski definition) is 2. The third-order valence-electron chi connectivity index (χ3n) is 5.72. The Kier molecular flexibility index (Phi) is 7.50. The number of carbonyl (C=O) groups excluding carboxylic acids is 2. The summed E-state index contributed by atoms with van der Waals surface area (Å²) in [4.78, 5) is 26.8. The van der Waals surface area contributed by atoms with Crippen LogP contribution in [-0.2, 0) is 16.2 Å². The molecule has 0 spiro atoms. The summed E-state index contributed by atoms with van der Waals surface area (Å²) in [6.45, 7) is 4.87. The van der Waals surface area contributed by atoms with E-state index < -0.39 is 5.92 Å². The van der Waals surface area contributed by atoms with E-state index in [4.69, 9.17) is 9.47 Å². The quantitative estimate of drug-likeness (QED) is 0.440. The van der Waals surface area contributed by atoms with Crippen molar-refractivity contribution in [3.05, 3.63) is 83.7 Å². The number of nitrogens with one attached hydrogen (secondary N) is 2.